The van der Waals surface area contributed by atoms with E-state index in [4.69, 9.17) is 10.5 Å². The van der Waals surface area contributed by atoms with Crippen molar-refractivity contribution >= 4 is 25.0 Å². The van der Waals surface area contributed by atoms with Crippen molar-refractivity contribution in [1.82, 2.24) is 15.3 Å². The predicted octanol–water partition coefficient (Wildman–Crippen LogP) is 1.08. The molecule has 0 aliphatic rings. The molecular formula is C15H28BN6O2. The number of amidine groups is 1. The lowest BCUT2D eigenvalue weighted by Gasteiger charge is -2.20. The van der Waals surface area contributed by atoms with Gasteiger partial charge in [-0.05, 0) is 12.8 Å². The minimum absolute atomic E-state index is 0.105. The number of rotatable bonds is 11. The van der Waals surface area contributed by atoms with Gasteiger partial charge in [0.2, 0.25) is 5.95 Å². The topological polar surface area (TPSA) is 118 Å². The Morgan fingerprint density at radius 3 is 2.92 bits per heavy atom. The van der Waals surface area contributed by atoms with Gasteiger partial charge < -0.3 is 31.1 Å². The summed E-state index contributed by atoms with van der Waals surface area (Å²) in [6, 6.07) is 0.105. The van der Waals surface area contributed by atoms with E-state index < -0.39 is 0 Å². The van der Waals surface area contributed by atoms with Gasteiger partial charge in [-0.3, -0.25) is 0 Å². The largest absolute Gasteiger partial charge is 0.480 e. The highest BCUT2D eigenvalue weighted by Gasteiger charge is 2.14. The Labute approximate surface area is 144 Å². The van der Waals surface area contributed by atoms with Crippen LogP contribution in [0.1, 0.15) is 32.6 Å². The molecule has 0 spiro atoms. The lowest BCUT2D eigenvalue weighted by atomic mass is 10.0. The minimum atomic E-state index is 0.105. The molecule has 0 aliphatic heterocycles. The third-order valence-electron chi connectivity index (χ3n) is 3.44. The Hall–Kier alpha value is -2.03. The monoisotopic (exact) mass is 335 g/mol. The molecule has 9 heteroatoms. The van der Waals surface area contributed by atoms with Gasteiger partial charge in [0.25, 0.3) is 7.41 Å². The smallest absolute Gasteiger partial charge is 0.273 e. The Bertz CT molecular complexity index is 515. The van der Waals surface area contributed by atoms with Crippen LogP contribution >= 0.6 is 0 Å². The number of nitrogens with zero attached hydrogens (tertiary/aromatic N) is 3. The Kier molecular flexibility index (Phi) is 9.59. The van der Waals surface area contributed by atoms with E-state index in [2.05, 4.69) is 32.4 Å². The minimum Gasteiger partial charge on any atom is -0.480 e. The third-order valence-corrected chi connectivity index (χ3v) is 3.44. The van der Waals surface area contributed by atoms with Gasteiger partial charge in [0, 0.05) is 19.7 Å². The van der Waals surface area contributed by atoms with Crippen LogP contribution in [0.2, 0.25) is 6.82 Å². The van der Waals surface area contributed by atoms with E-state index in [1.165, 1.54) is 0 Å². The maximum Gasteiger partial charge on any atom is 0.273 e. The van der Waals surface area contributed by atoms with E-state index in [0.717, 1.165) is 19.3 Å². The number of anilines is 2. The molecule has 24 heavy (non-hydrogen) atoms. The molecule has 1 aromatic heterocycles. The van der Waals surface area contributed by atoms with Crippen molar-refractivity contribution in [2.24, 2.45) is 4.90 Å². The van der Waals surface area contributed by atoms with Gasteiger partial charge in [0.15, 0.2) is 11.6 Å². The summed E-state index contributed by atoms with van der Waals surface area (Å²) in [5.41, 5.74) is 5.70. The number of nitrogens with two attached hydrogens (primary N) is 1. The van der Waals surface area contributed by atoms with Gasteiger partial charge in [-0.1, -0.05) is 26.6 Å². The van der Waals surface area contributed by atoms with Crippen LogP contribution in [0.5, 0.6) is 5.75 Å². The van der Waals surface area contributed by atoms with Gasteiger partial charge in [0.05, 0.1) is 6.20 Å². The molecular weight excluding hydrogens is 307 g/mol. The fourth-order valence-electron chi connectivity index (χ4n) is 2.16. The number of aliphatic hydroxyl groups is 1. The molecule has 8 nitrogen and oxygen atoms in total. The van der Waals surface area contributed by atoms with Crippen LogP contribution in [0.25, 0.3) is 0 Å². The van der Waals surface area contributed by atoms with Gasteiger partial charge in [-0.2, -0.15) is 4.98 Å². The van der Waals surface area contributed by atoms with Crippen LogP contribution in [0.4, 0.5) is 11.8 Å². The second-order valence-corrected chi connectivity index (χ2v) is 5.31. The standard InChI is InChI=1S/C15H28BN6O2/c1-4-5-6-11(7-8-23)20-14-12(9-19-15(17)21-14)24-10-13(18-3)22-16-2/h9,11,23H,4-8,10H2,1-3H3,(H,18,22)(H3,17,19,20,21). The molecule has 0 fully saturated rings. The lowest BCUT2D eigenvalue weighted by Crippen LogP contribution is -2.27. The van der Waals surface area contributed by atoms with Crippen molar-refractivity contribution in [3.63, 3.8) is 0 Å². The van der Waals surface area contributed by atoms with Gasteiger partial charge >= 0.3 is 0 Å². The highest BCUT2D eigenvalue weighted by atomic mass is 16.5. The predicted molar refractivity (Wildman–Crippen MR) is 98.7 cm³/mol. The van der Waals surface area contributed by atoms with Crippen molar-refractivity contribution in [1.29, 1.82) is 0 Å². The summed E-state index contributed by atoms with van der Waals surface area (Å²) in [5.74, 6) is 1.90. The van der Waals surface area contributed by atoms with Crippen molar-refractivity contribution < 1.29 is 9.84 Å². The zero-order valence-electron chi connectivity index (χ0n) is 14.7. The summed E-state index contributed by atoms with van der Waals surface area (Å²) in [6.07, 6.45) is 5.28. The van der Waals surface area contributed by atoms with Crippen LogP contribution in [-0.2, 0) is 0 Å². The SMILES string of the molecule is C[B]N=C(COc1cnc(N)nc1NC(CCO)CCCC)NC. The molecule has 0 saturated carbocycles. The highest BCUT2D eigenvalue weighted by molar-refractivity contribution is 6.34. The Balaban J connectivity index is 2.84. The molecule has 5 N–H and O–H groups in total. The van der Waals surface area contributed by atoms with Crippen LogP contribution in [0, 0.1) is 0 Å². The molecule has 0 amide bonds. The number of nitrogens with one attached hydrogen (secondary N) is 2. The second-order valence-electron chi connectivity index (χ2n) is 5.31. The molecule has 1 rings (SSSR count). The number of aromatic nitrogens is 2. The van der Waals surface area contributed by atoms with Crippen LogP contribution < -0.4 is 21.1 Å². The van der Waals surface area contributed by atoms with Crippen LogP contribution in [-0.4, -0.2) is 54.6 Å². The van der Waals surface area contributed by atoms with E-state index in [0.29, 0.717) is 23.8 Å². The fraction of sp³-hybridized carbons (Fsp3) is 0.667. The average Bonchev–Trinajstić information content (AvgIpc) is 2.58. The molecule has 0 saturated heterocycles. The number of aliphatic hydroxyl groups excluding tert-OH is 1. The summed E-state index contributed by atoms with van der Waals surface area (Å²) in [6.45, 7) is 4.35. The summed E-state index contributed by atoms with van der Waals surface area (Å²) in [5, 5.41) is 15.5. The summed E-state index contributed by atoms with van der Waals surface area (Å²) in [7, 11) is 3.47. The first-order chi connectivity index (χ1) is 11.6. The quantitative estimate of drug-likeness (QED) is 0.271. The molecule has 1 heterocycles. The molecule has 1 aromatic rings. The van der Waals surface area contributed by atoms with Gasteiger partial charge in [0.1, 0.15) is 12.4 Å². The van der Waals surface area contributed by atoms with Crippen molar-refractivity contribution in [2.45, 2.75) is 45.5 Å². The number of hydrogen-bond donors (Lipinski definition) is 4. The van der Waals surface area contributed by atoms with Gasteiger partial charge in [-0.15, -0.1) is 0 Å². The highest BCUT2D eigenvalue weighted by Crippen LogP contribution is 2.24. The summed E-state index contributed by atoms with van der Waals surface area (Å²) < 4.78 is 5.76. The number of likely N-dealkylation sites (N-methyl/N-ethyl adjacent to an activating group) is 1. The normalized spacial score (nSPS) is 12.6. The van der Waals surface area contributed by atoms with Gasteiger partial charge in [-0.25, -0.2) is 4.98 Å². The summed E-state index contributed by atoms with van der Waals surface area (Å²) in [4.78, 5) is 12.4. The van der Waals surface area contributed by atoms with Crippen LogP contribution in [0.3, 0.4) is 0 Å². The van der Waals surface area contributed by atoms with Crippen molar-refractivity contribution in [3.05, 3.63) is 6.20 Å². The number of unbranched alkanes of at least 4 members (excludes halogenated alkanes) is 1. The lowest BCUT2D eigenvalue weighted by molar-refractivity contribution is 0.275. The molecule has 0 aliphatic carbocycles. The van der Waals surface area contributed by atoms with Crippen LogP contribution in [0.15, 0.2) is 11.1 Å². The number of ether oxygens (including phenoxy) is 1. The molecule has 1 radical (unpaired) electrons. The average molecular weight is 335 g/mol. The Morgan fingerprint density at radius 1 is 1.50 bits per heavy atom. The van der Waals surface area contributed by atoms with E-state index in [1.54, 1.807) is 20.7 Å². The van der Waals surface area contributed by atoms with E-state index >= 15 is 0 Å². The zero-order chi connectivity index (χ0) is 17.8. The number of hydrogen-bond acceptors (Lipinski definition) is 7. The molecule has 133 valence electrons. The maximum absolute atomic E-state index is 9.25. The van der Waals surface area contributed by atoms with Crippen molar-refractivity contribution in [3.8, 4) is 5.75 Å². The molecule has 1 unspecified atom stereocenters. The second kappa shape index (κ2) is 11.5. The maximum atomic E-state index is 9.25. The van der Waals surface area contributed by atoms with E-state index in [9.17, 15) is 5.11 Å². The molecule has 1 atom stereocenters. The first kappa shape index (κ1) is 20.0. The van der Waals surface area contributed by atoms with E-state index in [1.807, 2.05) is 6.82 Å². The Morgan fingerprint density at radius 2 is 2.29 bits per heavy atom. The zero-order valence-corrected chi connectivity index (χ0v) is 14.7. The third kappa shape index (κ3) is 7.03. The van der Waals surface area contributed by atoms with E-state index in [-0.39, 0.29) is 25.2 Å². The summed E-state index contributed by atoms with van der Waals surface area (Å²) >= 11 is 0. The fourth-order valence-corrected chi connectivity index (χ4v) is 2.16. The molecule has 0 aromatic carbocycles. The first-order valence-electron chi connectivity index (χ1n) is 8.29. The first-order valence-corrected chi connectivity index (χ1v) is 8.29. The molecule has 0 bridgehead atoms. The number of nitrogen functional groups attached to an aromatic ring is 1. The van der Waals surface area contributed by atoms with Crippen molar-refractivity contribution in [2.75, 3.05) is 31.3 Å².